The van der Waals surface area contributed by atoms with Crippen LogP contribution in [0.4, 0.5) is 11.4 Å². The minimum atomic E-state index is -0.884. The lowest BCUT2D eigenvalue weighted by molar-refractivity contribution is -0.384. The summed E-state index contributed by atoms with van der Waals surface area (Å²) in [6, 6.07) is 17.4. The van der Waals surface area contributed by atoms with Crippen LogP contribution >= 0.6 is 15.9 Å². The molecule has 0 aliphatic heterocycles. The largest absolute Gasteiger partial charge is 0.493 e. The number of aromatic nitrogens is 1. The number of rotatable bonds is 6. The van der Waals surface area contributed by atoms with Gasteiger partial charge in [-0.2, -0.15) is 0 Å². The van der Waals surface area contributed by atoms with Crippen molar-refractivity contribution in [1.82, 2.24) is 9.88 Å². The fourth-order valence-electron chi connectivity index (χ4n) is 3.68. The average Bonchev–Trinajstić information content (AvgIpc) is 3.11. The van der Waals surface area contributed by atoms with E-state index in [1.165, 1.54) is 34.9 Å². The predicted octanol–water partition coefficient (Wildman–Crippen LogP) is 5.94. The highest BCUT2D eigenvalue weighted by Gasteiger charge is 2.19. The molecular weight excluding hydrogens is 542 g/mol. The Labute approximate surface area is 219 Å². The zero-order chi connectivity index (χ0) is 26.7. The summed E-state index contributed by atoms with van der Waals surface area (Å²) in [5.74, 6) is -1.62. The highest BCUT2D eigenvalue weighted by molar-refractivity contribution is 9.10. The molecule has 0 bridgehead atoms. The number of benzene rings is 3. The molecule has 186 valence electrons. The van der Waals surface area contributed by atoms with Gasteiger partial charge in [-0.05, 0) is 76.5 Å². The van der Waals surface area contributed by atoms with Crippen LogP contribution in [0.3, 0.4) is 0 Å². The number of hydrogen-bond donors (Lipinski definition) is 2. The third-order valence-corrected chi connectivity index (χ3v) is 6.10. The molecule has 11 heteroatoms. The highest BCUT2D eigenvalue weighted by atomic mass is 79.9. The van der Waals surface area contributed by atoms with Gasteiger partial charge in [0.15, 0.2) is 5.69 Å². The van der Waals surface area contributed by atoms with Crippen LogP contribution in [0.25, 0.3) is 17.0 Å². The van der Waals surface area contributed by atoms with Gasteiger partial charge in [-0.25, -0.2) is 0 Å². The number of amides is 2. The van der Waals surface area contributed by atoms with Crippen LogP contribution in [-0.2, 0) is 11.8 Å². The van der Waals surface area contributed by atoms with Gasteiger partial charge in [0.2, 0.25) is 5.88 Å². The van der Waals surface area contributed by atoms with Crippen molar-refractivity contribution in [3.8, 4) is 5.88 Å². The Balaban J connectivity index is 1.72. The lowest BCUT2D eigenvalue weighted by Crippen LogP contribution is -2.26. The first kappa shape index (κ1) is 25.5. The third-order valence-electron chi connectivity index (χ3n) is 5.50. The molecule has 0 aliphatic carbocycles. The van der Waals surface area contributed by atoms with E-state index in [-0.39, 0.29) is 23.0 Å². The normalized spacial score (nSPS) is 11.7. The van der Waals surface area contributed by atoms with E-state index in [2.05, 4.69) is 31.5 Å². The van der Waals surface area contributed by atoms with Crippen LogP contribution in [0, 0.1) is 17.0 Å². The number of nitrogens with one attached hydrogen (secondary N) is 1. The molecule has 3 aromatic carbocycles. The summed E-state index contributed by atoms with van der Waals surface area (Å²) >= 11 is 3.48. The van der Waals surface area contributed by atoms with Crippen molar-refractivity contribution in [2.24, 2.45) is 17.3 Å². The Hall–Kier alpha value is -4.64. The minimum Gasteiger partial charge on any atom is -0.493 e. The topological polar surface area (TPSA) is 139 Å². The van der Waals surface area contributed by atoms with Crippen molar-refractivity contribution >= 4 is 56.1 Å². The van der Waals surface area contributed by atoms with Crippen LogP contribution in [0.15, 0.2) is 87.1 Å². The number of carbonyl (C=O) groups excluding carboxylic acids is 2. The second-order valence-corrected chi connectivity index (χ2v) is 8.96. The van der Waals surface area contributed by atoms with Gasteiger partial charge in [-0.3, -0.25) is 19.7 Å². The van der Waals surface area contributed by atoms with E-state index in [9.17, 15) is 24.8 Å². The number of nitro benzene ring substituents is 1. The van der Waals surface area contributed by atoms with Crippen LogP contribution in [0.5, 0.6) is 5.88 Å². The van der Waals surface area contributed by atoms with Crippen molar-refractivity contribution in [3.63, 3.8) is 0 Å². The van der Waals surface area contributed by atoms with Gasteiger partial charge in [-0.15, -0.1) is 10.2 Å². The van der Waals surface area contributed by atoms with Crippen LogP contribution in [0.1, 0.15) is 21.5 Å². The second-order valence-electron chi connectivity index (χ2n) is 8.11. The maximum absolute atomic E-state index is 13.1. The number of carbonyl (C=O) groups is 2. The zero-order valence-corrected chi connectivity index (χ0v) is 21.3. The summed E-state index contributed by atoms with van der Waals surface area (Å²) in [5.41, 5.74) is 2.08. The van der Waals surface area contributed by atoms with Crippen molar-refractivity contribution in [2.75, 3.05) is 0 Å². The van der Waals surface area contributed by atoms with Crippen molar-refractivity contribution in [3.05, 3.63) is 104 Å². The fraction of sp³-hybridized carbons (Fsp3) is 0.0769. The molecule has 0 spiro atoms. The van der Waals surface area contributed by atoms with E-state index >= 15 is 0 Å². The Bertz CT molecular complexity index is 1590. The molecule has 4 rings (SSSR count). The fourth-order valence-corrected chi connectivity index (χ4v) is 4.52. The number of halogens is 1. The number of aromatic hydroxyl groups is 1. The van der Waals surface area contributed by atoms with Gasteiger partial charge >= 0.3 is 5.91 Å². The molecule has 0 atom stereocenters. The number of hydrogen-bond acceptors (Lipinski definition) is 6. The third kappa shape index (κ3) is 5.46. The number of non-ortho nitro benzene ring substituents is 1. The van der Waals surface area contributed by atoms with Crippen LogP contribution < -0.4 is 5.32 Å². The minimum absolute atomic E-state index is 0.0966. The standard InChI is InChI=1S/C26H20BrN5O5/c1-15-12-19-22(26(35)31(2)23(19)20(27)13-15)29-30-25(34)21(28-24(33)17-6-4-3-5-7-17)14-16-8-10-18(11-9-16)32(36)37/h3-14,35H,1-2H3,(H,28,33)/b21-14+,30-29?. The average molecular weight is 562 g/mol. The molecule has 0 aliphatic rings. The summed E-state index contributed by atoms with van der Waals surface area (Å²) in [6.07, 6.45) is 1.34. The SMILES string of the molecule is Cc1cc(Br)c2c(c1)c(N=NC(=O)/C(=C\c1ccc([N+](=O)[O-])cc1)NC(=O)c1ccccc1)c(O)n2C. The van der Waals surface area contributed by atoms with E-state index < -0.39 is 16.7 Å². The Morgan fingerprint density at radius 2 is 1.78 bits per heavy atom. The molecular formula is C26H20BrN5O5. The number of azo groups is 1. The summed E-state index contributed by atoms with van der Waals surface area (Å²) < 4.78 is 2.25. The maximum Gasteiger partial charge on any atom is 0.311 e. The summed E-state index contributed by atoms with van der Waals surface area (Å²) in [6.45, 7) is 1.88. The number of nitrogens with zero attached hydrogens (tertiary/aromatic N) is 4. The first-order chi connectivity index (χ1) is 17.7. The Morgan fingerprint density at radius 1 is 1.11 bits per heavy atom. The summed E-state index contributed by atoms with van der Waals surface area (Å²) in [7, 11) is 1.65. The van der Waals surface area contributed by atoms with E-state index in [4.69, 9.17) is 0 Å². The van der Waals surface area contributed by atoms with Gasteiger partial charge in [0.1, 0.15) is 5.70 Å². The maximum atomic E-state index is 13.1. The van der Waals surface area contributed by atoms with E-state index in [0.717, 1.165) is 10.0 Å². The molecule has 37 heavy (non-hydrogen) atoms. The molecule has 0 unspecified atom stereocenters. The molecule has 2 N–H and O–H groups in total. The second kappa shape index (κ2) is 10.5. The molecule has 2 amide bonds. The first-order valence-corrected chi connectivity index (χ1v) is 11.7. The molecule has 0 saturated carbocycles. The van der Waals surface area contributed by atoms with Gasteiger partial charge < -0.3 is 15.0 Å². The zero-order valence-electron chi connectivity index (χ0n) is 19.7. The molecule has 10 nitrogen and oxygen atoms in total. The van der Waals surface area contributed by atoms with Crippen molar-refractivity contribution in [1.29, 1.82) is 0 Å². The summed E-state index contributed by atoms with van der Waals surface area (Å²) in [5, 5.41) is 32.5. The quantitative estimate of drug-likeness (QED) is 0.130. The highest BCUT2D eigenvalue weighted by Crippen LogP contribution is 2.41. The molecule has 0 fully saturated rings. The first-order valence-electron chi connectivity index (χ1n) is 10.9. The lowest BCUT2D eigenvalue weighted by Gasteiger charge is -2.07. The van der Waals surface area contributed by atoms with E-state index in [0.29, 0.717) is 22.0 Å². The van der Waals surface area contributed by atoms with E-state index in [1.54, 1.807) is 37.4 Å². The van der Waals surface area contributed by atoms with Crippen molar-refractivity contribution in [2.45, 2.75) is 6.92 Å². The molecule has 0 saturated heterocycles. The van der Waals surface area contributed by atoms with Gasteiger partial charge in [0.25, 0.3) is 11.6 Å². The van der Waals surface area contributed by atoms with Crippen LogP contribution in [0.2, 0.25) is 0 Å². The van der Waals surface area contributed by atoms with E-state index in [1.807, 2.05) is 19.1 Å². The smallest absolute Gasteiger partial charge is 0.311 e. The van der Waals surface area contributed by atoms with Gasteiger partial charge in [-0.1, -0.05) is 18.2 Å². The molecule has 4 aromatic rings. The van der Waals surface area contributed by atoms with Crippen LogP contribution in [-0.4, -0.2) is 26.4 Å². The monoisotopic (exact) mass is 561 g/mol. The number of aryl methyl sites for hydroxylation is 2. The van der Waals surface area contributed by atoms with Gasteiger partial charge in [0, 0.05) is 34.6 Å². The number of nitro groups is 1. The predicted molar refractivity (Wildman–Crippen MR) is 142 cm³/mol. The molecule has 1 aromatic heterocycles. The Morgan fingerprint density at radius 3 is 2.43 bits per heavy atom. The van der Waals surface area contributed by atoms with Gasteiger partial charge in [0.05, 0.1) is 10.4 Å². The lowest BCUT2D eigenvalue weighted by atomic mass is 10.1. The molecule has 0 radical (unpaired) electrons. The number of fused-ring (bicyclic) bond motifs is 1. The molecule has 1 heterocycles. The Kier molecular flexibility index (Phi) is 7.25. The van der Waals surface area contributed by atoms with Crippen molar-refractivity contribution < 1.29 is 19.6 Å². The summed E-state index contributed by atoms with van der Waals surface area (Å²) in [4.78, 5) is 36.3.